The Morgan fingerprint density at radius 1 is 1.47 bits per heavy atom. The second-order valence-electron chi connectivity index (χ2n) is 3.28. The van der Waals surface area contributed by atoms with Gasteiger partial charge in [0.2, 0.25) is 9.05 Å². The maximum atomic E-state index is 10.9. The maximum Gasteiger partial charge on any atom is 0.236 e. The lowest BCUT2D eigenvalue weighted by atomic mass is 10.1. The molecule has 0 aliphatic carbocycles. The molecule has 0 amide bonds. The predicted octanol–water partition coefficient (Wildman–Crippen LogP) is 2.20. The first-order valence-electron chi connectivity index (χ1n) is 4.23. The van der Waals surface area contributed by atoms with Gasteiger partial charge < -0.3 is 4.52 Å². The van der Waals surface area contributed by atoms with Crippen molar-refractivity contribution < 1.29 is 12.9 Å². The van der Waals surface area contributed by atoms with E-state index in [1.807, 2.05) is 0 Å². The molecule has 0 N–H and O–H groups in total. The molecule has 0 radical (unpaired) electrons. The molecular weight excluding hydrogens is 238 g/mol. The van der Waals surface area contributed by atoms with Crippen molar-refractivity contribution in [2.24, 2.45) is 0 Å². The zero-order valence-electron chi connectivity index (χ0n) is 7.90. The summed E-state index contributed by atoms with van der Waals surface area (Å²) in [6.45, 7) is 1.80. The van der Waals surface area contributed by atoms with Crippen molar-refractivity contribution in [1.82, 2.24) is 5.16 Å². The summed E-state index contributed by atoms with van der Waals surface area (Å²) in [6, 6.07) is 5.07. The van der Waals surface area contributed by atoms with Crippen LogP contribution in [-0.4, -0.2) is 13.6 Å². The van der Waals surface area contributed by atoms with Crippen molar-refractivity contribution in [2.75, 3.05) is 0 Å². The molecule has 0 spiro atoms. The molecule has 0 unspecified atom stereocenters. The summed E-state index contributed by atoms with van der Waals surface area (Å²) >= 11 is 0. The Bertz CT molecular complexity index is 603. The van der Waals surface area contributed by atoms with E-state index in [0.29, 0.717) is 11.1 Å². The summed E-state index contributed by atoms with van der Waals surface area (Å²) in [5, 5.41) is 4.59. The highest BCUT2D eigenvalue weighted by atomic mass is 35.7. The Balaban J connectivity index is 2.51. The lowest BCUT2D eigenvalue weighted by Crippen LogP contribution is -1.94. The van der Waals surface area contributed by atoms with Crippen LogP contribution in [0.3, 0.4) is 0 Å². The van der Waals surface area contributed by atoms with Crippen LogP contribution < -0.4 is 0 Å². The van der Waals surface area contributed by atoms with E-state index in [4.69, 9.17) is 15.2 Å². The first-order chi connectivity index (χ1) is 6.96. The van der Waals surface area contributed by atoms with Gasteiger partial charge in [-0.3, -0.25) is 0 Å². The molecule has 0 aliphatic heterocycles. The number of aromatic nitrogens is 1. The van der Waals surface area contributed by atoms with Crippen LogP contribution in [0, 0.1) is 6.92 Å². The number of nitrogens with zero attached hydrogens (tertiary/aromatic N) is 1. The standard InChI is InChI=1S/C9H8ClNO3S/c1-6-8-4-7(5-15(10,12)13)2-3-9(8)14-11-6/h2-4H,5H2,1H3. The zero-order chi connectivity index (χ0) is 11.1. The van der Waals surface area contributed by atoms with E-state index in [2.05, 4.69) is 5.16 Å². The Labute approximate surface area is 91.2 Å². The van der Waals surface area contributed by atoms with Gasteiger partial charge in [-0.2, -0.15) is 0 Å². The van der Waals surface area contributed by atoms with E-state index in [1.54, 1.807) is 25.1 Å². The fourth-order valence-electron chi connectivity index (χ4n) is 1.40. The van der Waals surface area contributed by atoms with E-state index in [-0.39, 0.29) is 5.75 Å². The van der Waals surface area contributed by atoms with Crippen LogP contribution in [0.5, 0.6) is 0 Å². The van der Waals surface area contributed by atoms with Crippen LogP contribution in [-0.2, 0) is 14.8 Å². The van der Waals surface area contributed by atoms with Gasteiger partial charge >= 0.3 is 0 Å². The summed E-state index contributed by atoms with van der Waals surface area (Å²) in [4.78, 5) is 0. The highest BCUT2D eigenvalue weighted by Crippen LogP contribution is 2.21. The summed E-state index contributed by atoms with van der Waals surface area (Å²) < 4.78 is 26.8. The van der Waals surface area contributed by atoms with Crippen LogP contribution in [0.1, 0.15) is 11.3 Å². The van der Waals surface area contributed by atoms with Gasteiger partial charge in [-0.25, -0.2) is 8.42 Å². The molecular formula is C9H8ClNO3S. The molecule has 2 rings (SSSR count). The summed E-state index contributed by atoms with van der Waals surface area (Å²) in [7, 11) is 1.65. The monoisotopic (exact) mass is 245 g/mol. The second kappa shape index (κ2) is 3.50. The molecule has 0 aliphatic rings. The average Bonchev–Trinajstić information content (AvgIpc) is 2.45. The van der Waals surface area contributed by atoms with Crippen LogP contribution >= 0.6 is 10.7 Å². The van der Waals surface area contributed by atoms with Crippen LogP contribution in [0.4, 0.5) is 0 Å². The molecule has 1 heterocycles. The predicted molar refractivity (Wildman–Crippen MR) is 57.2 cm³/mol. The van der Waals surface area contributed by atoms with Gasteiger partial charge in [-0.05, 0) is 24.6 Å². The van der Waals surface area contributed by atoms with Crippen LogP contribution in [0.15, 0.2) is 22.7 Å². The van der Waals surface area contributed by atoms with Gasteiger partial charge in [-0.1, -0.05) is 11.2 Å². The molecule has 0 saturated carbocycles. The normalized spacial score (nSPS) is 12.1. The highest BCUT2D eigenvalue weighted by molar-refractivity contribution is 8.13. The first kappa shape index (κ1) is 10.4. The number of rotatable bonds is 2. The van der Waals surface area contributed by atoms with E-state index >= 15 is 0 Å². The Hall–Kier alpha value is -1.07. The fourth-order valence-corrected chi connectivity index (χ4v) is 2.35. The van der Waals surface area contributed by atoms with Crippen molar-refractivity contribution in [1.29, 1.82) is 0 Å². The number of fused-ring (bicyclic) bond motifs is 1. The van der Waals surface area contributed by atoms with Gasteiger partial charge in [0.05, 0.1) is 11.4 Å². The lowest BCUT2D eigenvalue weighted by Gasteiger charge is -1.97. The number of aryl methyl sites for hydroxylation is 1. The van der Waals surface area contributed by atoms with E-state index < -0.39 is 9.05 Å². The summed E-state index contributed by atoms with van der Waals surface area (Å²) in [6.07, 6.45) is 0. The third-order valence-corrected chi connectivity index (χ3v) is 3.06. The van der Waals surface area contributed by atoms with Gasteiger partial charge in [0.1, 0.15) is 0 Å². The lowest BCUT2D eigenvalue weighted by molar-refractivity contribution is 0.450. The van der Waals surface area contributed by atoms with Gasteiger partial charge in [0.25, 0.3) is 0 Å². The maximum absolute atomic E-state index is 10.9. The Kier molecular flexibility index (Phi) is 2.44. The van der Waals surface area contributed by atoms with Gasteiger partial charge in [0.15, 0.2) is 5.58 Å². The number of hydrogen-bond acceptors (Lipinski definition) is 4. The van der Waals surface area contributed by atoms with Crippen molar-refractivity contribution >= 4 is 30.7 Å². The number of hydrogen-bond donors (Lipinski definition) is 0. The molecule has 6 heteroatoms. The van der Waals surface area contributed by atoms with Crippen molar-refractivity contribution in [3.63, 3.8) is 0 Å². The largest absolute Gasteiger partial charge is 0.356 e. The Morgan fingerprint density at radius 2 is 2.20 bits per heavy atom. The van der Waals surface area contributed by atoms with Crippen LogP contribution in [0.25, 0.3) is 11.0 Å². The van der Waals surface area contributed by atoms with Crippen molar-refractivity contribution in [2.45, 2.75) is 12.7 Å². The fraction of sp³-hybridized carbons (Fsp3) is 0.222. The van der Waals surface area contributed by atoms with Crippen molar-refractivity contribution in [3.8, 4) is 0 Å². The molecule has 2 aromatic rings. The number of halogens is 1. The first-order valence-corrected chi connectivity index (χ1v) is 6.71. The SMILES string of the molecule is Cc1noc2ccc(CS(=O)(=O)Cl)cc12. The molecule has 0 bridgehead atoms. The minimum atomic E-state index is -3.52. The molecule has 80 valence electrons. The summed E-state index contributed by atoms with van der Waals surface area (Å²) in [5.41, 5.74) is 2.01. The second-order valence-corrected chi connectivity index (χ2v) is 6.06. The minimum Gasteiger partial charge on any atom is -0.356 e. The van der Waals surface area contributed by atoms with Gasteiger partial charge in [0, 0.05) is 16.1 Å². The molecule has 0 saturated heterocycles. The smallest absolute Gasteiger partial charge is 0.236 e. The topological polar surface area (TPSA) is 60.2 Å². The Morgan fingerprint density at radius 3 is 2.87 bits per heavy atom. The van der Waals surface area contributed by atoms with Gasteiger partial charge in [-0.15, -0.1) is 0 Å². The average molecular weight is 246 g/mol. The third-order valence-electron chi connectivity index (χ3n) is 2.05. The van der Waals surface area contributed by atoms with E-state index in [9.17, 15) is 8.42 Å². The molecule has 0 atom stereocenters. The van der Waals surface area contributed by atoms with E-state index in [0.717, 1.165) is 11.1 Å². The molecule has 1 aromatic heterocycles. The molecule has 4 nitrogen and oxygen atoms in total. The zero-order valence-corrected chi connectivity index (χ0v) is 9.47. The quantitative estimate of drug-likeness (QED) is 0.761. The molecule has 1 aromatic carbocycles. The third kappa shape index (κ3) is 2.30. The summed E-state index contributed by atoms with van der Waals surface area (Å²) in [5.74, 6) is -0.185. The van der Waals surface area contributed by atoms with Crippen LogP contribution in [0.2, 0.25) is 0 Å². The molecule has 15 heavy (non-hydrogen) atoms. The molecule has 0 fully saturated rings. The minimum absolute atomic E-state index is 0.185. The van der Waals surface area contributed by atoms with E-state index in [1.165, 1.54) is 0 Å². The van der Waals surface area contributed by atoms with Crippen molar-refractivity contribution in [3.05, 3.63) is 29.5 Å². The number of benzene rings is 1. The highest BCUT2D eigenvalue weighted by Gasteiger charge is 2.10.